The molecule has 1 aliphatic rings. The van der Waals surface area contributed by atoms with Crippen molar-refractivity contribution in [1.82, 2.24) is 15.5 Å². The van der Waals surface area contributed by atoms with Gasteiger partial charge in [0.15, 0.2) is 0 Å². The zero-order valence-corrected chi connectivity index (χ0v) is 15.0. The number of amides is 3. The minimum absolute atomic E-state index is 0.00620. The Bertz CT molecular complexity index is 572. The van der Waals surface area contributed by atoms with Gasteiger partial charge in [-0.25, -0.2) is 0 Å². The average Bonchev–Trinajstić information content (AvgIpc) is 3.12. The number of hydrogen-bond acceptors (Lipinski definition) is 4. The standard InChI is InChI=1S/C17H25N3O3S/c1-12(2)15(21)18-7-8-19-16(22)13-5-3-9-20(11-13)17(23)14-6-4-10-24-14/h4,6,10,12-13H,3,5,7-9,11H2,1-2H3,(H,18,21)(H,19,22). The summed E-state index contributed by atoms with van der Waals surface area (Å²) in [7, 11) is 0. The van der Waals surface area contributed by atoms with Crippen molar-refractivity contribution in [3.05, 3.63) is 22.4 Å². The fourth-order valence-corrected chi connectivity index (χ4v) is 3.34. The molecule has 0 bridgehead atoms. The van der Waals surface area contributed by atoms with Crippen LogP contribution in [0.1, 0.15) is 36.4 Å². The number of hydrogen-bond donors (Lipinski definition) is 2. The molecule has 1 aliphatic heterocycles. The summed E-state index contributed by atoms with van der Waals surface area (Å²) in [6.07, 6.45) is 1.62. The molecule has 0 aliphatic carbocycles. The van der Waals surface area contributed by atoms with Crippen LogP contribution >= 0.6 is 11.3 Å². The van der Waals surface area contributed by atoms with Crippen LogP contribution in [0.2, 0.25) is 0 Å². The maximum Gasteiger partial charge on any atom is 0.263 e. The predicted molar refractivity (Wildman–Crippen MR) is 93.8 cm³/mol. The van der Waals surface area contributed by atoms with Crippen molar-refractivity contribution in [2.75, 3.05) is 26.2 Å². The highest BCUT2D eigenvalue weighted by Crippen LogP contribution is 2.20. The van der Waals surface area contributed by atoms with E-state index in [2.05, 4.69) is 10.6 Å². The largest absolute Gasteiger partial charge is 0.354 e. The van der Waals surface area contributed by atoms with Gasteiger partial charge in [-0.3, -0.25) is 14.4 Å². The number of nitrogens with zero attached hydrogens (tertiary/aromatic N) is 1. The Hall–Kier alpha value is -1.89. The first-order chi connectivity index (χ1) is 11.5. The summed E-state index contributed by atoms with van der Waals surface area (Å²) in [5, 5.41) is 7.50. The summed E-state index contributed by atoms with van der Waals surface area (Å²) >= 11 is 1.42. The fraction of sp³-hybridized carbons (Fsp3) is 0.588. The molecule has 1 aromatic heterocycles. The number of rotatable bonds is 6. The Labute approximate surface area is 146 Å². The van der Waals surface area contributed by atoms with Crippen LogP contribution in [0.3, 0.4) is 0 Å². The smallest absolute Gasteiger partial charge is 0.263 e. The lowest BCUT2D eigenvalue weighted by molar-refractivity contribution is -0.127. The van der Waals surface area contributed by atoms with Gasteiger partial charge in [0, 0.05) is 32.1 Å². The minimum Gasteiger partial charge on any atom is -0.354 e. The Morgan fingerprint density at radius 3 is 2.71 bits per heavy atom. The zero-order chi connectivity index (χ0) is 17.5. The van der Waals surface area contributed by atoms with Crippen molar-refractivity contribution >= 4 is 29.1 Å². The van der Waals surface area contributed by atoms with Gasteiger partial charge in [0.25, 0.3) is 5.91 Å². The Morgan fingerprint density at radius 1 is 1.29 bits per heavy atom. The third-order valence-electron chi connectivity index (χ3n) is 4.06. The number of nitrogens with one attached hydrogen (secondary N) is 2. The molecule has 1 fully saturated rings. The van der Waals surface area contributed by atoms with Crippen molar-refractivity contribution in [2.24, 2.45) is 11.8 Å². The normalized spacial score (nSPS) is 17.6. The average molecular weight is 351 g/mol. The molecule has 1 unspecified atom stereocenters. The molecule has 3 amide bonds. The van der Waals surface area contributed by atoms with E-state index in [1.807, 2.05) is 31.4 Å². The number of thiophene rings is 1. The first-order valence-electron chi connectivity index (χ1n) is 8.37. The van der Waals surface area contributed by atoms with E-state index in [-0.39, 0.29) is 29.6 Å². The first kappa shape index (κ1) is 18.4. The Kier molecular flexibility index (Phi) is 6.78. The van der Waals surface area contributed by atoms with E-state index in [1.165, 1.54) is 11.3 Å². The second-order valence-corrected chi connectivity index (χ2v) is 7.25. The molecular weight excluding hydrogens is 326 g/mol. The van der Waals surface area contributed by atoms with Crippen LogP contribution in [0.5, 0.6) is 0 Å². The SMILES string of the molecule is CC(C)C(=O)NCCNC(=O)C1CCCN(C(=O)c2cccs2)C1. The fourth-order valence-electron chi connectivity index (χ4n) is 2.65. The molecule has 0 saturated carbocycles. The lowest BCUT2D eigenvalue weighted by Crippen LogP contribution is -2.46. The molecule has 1 saturated heterocycles. The highest BCUT2D eigenvalue weighted by atomic mass is 32.1. The molecule has 7 heteroatoms. The summed E-state index contributed by atoms with van der Waals surface area (Å²) < 4.78 is 0. The van der Waals surface area contributed by atoms with Crippen LogP contribution in [0.15, 0.2) is 17.5 Å². The third kappa shape index (κ3) is 5.06. The van der Waals surface area contributed by atoms with Gasteiger partial charge in [0.1, 0.15) is 0 Å². The monoisotopic (exact) mass is 351 g/mol. The molecule has 1 atom stereocenters. The molecule has 0 radical (unpaired) electrons. The van der Waals surface area contributed by atoms with Crippen LogP contribution in [0.25, 0.3) is 0 Å². The second kappa shape index (κ2) is 8.82. The van der Waals surface area contributed by atoms with Crippen LogP contribution < -0.4 is 10.6 Å². The quantitative estimate of drug-likeness (QED) is 0.762. The van der Waals surface area contributed by atoms with Gasteiger partial charge in [0.05, 0.1) is 10.8 Å². The summed E-state index contributed by atoms with van der Waals surface area (Å²) in [6, 6.07) is 3.67. The van der Waals surface area contributed by atoms with Crippen molar-refractivity contribution in [1.29, 1.82) is 0 Å². The first-order valence-corrected chi connectivity index (χ1v) is 9.25. The molecule has 24 heavy (non-hydrogen) atoms. The van der Waals surface area contributed by atoms with Gasteiger partial charge in [-0.05, 0) is 24.3 Å². The van der Waals surface area contributed by atoms with Crippen molar-refractivity contribution in [3.8, 4) is 0 Å². The maximum atomic E-state index is 12.4. The predicted octanol–water partition coefficient (Wildman–Crippen LogP) is 1.49. The summed E-state index contributed by atoms with van der Waals surface area (Å²) in [4.78, 5) is 38.6. The van der Waals surface area contributed by atoms with E-state index in [0.29, 0.717) is 31.1 Å². The van der Waals surface area contributed by atoms with Crippen LogP contribution in [0, 0.1) is 11.8 Å². The van der Waals surface area contributed by atoms with Gasteiger partial charge >= 0.3 is 0 Å². The van der Waals surface area contributed by atoms with Gasteiger partial charge < -0.3 is 15.5 Å². The second-order valence-electron chi connectivity index (χ2n) is 6.30. The summed E-state index contributed by atoms with van der Waals surface area (Å²) in [6.45, 7) is 5.65. The molecule has 2 N–H and O–H groups in total. The van der Waals surface area contributed by atoms with Crippen LogP contribution in [0.4, 0.5) is 0 Å². The maximum absolute atomic E-state index is 12.4. The van der Waals surface area contributed by atoms with Gasteiger partial charge in [0.2, 0.25) is 11.8 Å². The molecular formula is C17H25N3O3S. The number of piperidine rings is 1. The van der Waals surface area contributed by atoms with E-state index in [4.69, 9.17) is 0 Å². The van der Waals surface area contributed by atoms with Gasteiger partial charge in [-0.15, -0.1) is 11.3 Å². The molecule has 0 aromatic carbocycles. The van der Waals surface area contributed by atoms with Crippen LogP contribution in [-0.4, -0.2) is 48.8 Å². The van der Waals surface area contributed by atoms with Gasteiger partial charge in [-0.2, -0.15) is 0 Å². The molecule has 2 heterocycles. The van der Waals surface area contributed by atoms with Gasteiger partial charge in [-0.1, -0.05) is 19.9 Å². The Balaban J connectivity index is 1.76. The minimum atomic E-state index is -0.177. The molecule has 0 spiro atoms. The van der Waals surface area contributed by atoms with E-state index in [0.717, 1.165) is 12.8 Å². The lowest BCUT2D eigenvalue weighted by atomic mass is 9.97. The summed E-state index contributed by atoms with van der Waals surface area (Å²) in [5.41, 5.74) is 0. The van der Waals surface area contributed by atoms with Crippen LogP contribution in [-0.2, 0) is 9.59 Å². The number of carbonyl (C=O) groups is 3. The van der Waals surface area contributed by atoms with Crippen molar-refractivity contribution in [3.63, 3.8) is 0 Å². The zero-order valence-electron chi connectivity index (χ0n) is 14.2. The number of likely N-dealkylation sites (tertiary alicyclic amines) is 1. The Morgan fingerprint density at radius 2 is 2.04 bits per heavy atom. The lowest BCUT2D eigenvalue weighted by Gasteiger charge is -2.31. The highest BCUT2D eigenvalue weighted by Gasteiger charge is 2.29. The van der Waals surface area contributed by atoms with E-state index in [9.17, 15) is 14.4 Å². The topological polar surface area (TPSA) is 78.5 Å². The van der Waals surface area contributed by atoms with E-state index < -0.39 is 0 Å². The van der Waals surface area contributed by atoms with Crippen molar-refractivity contribution in [2.45, 2.75) is 26.7 Å². The summed E-state index contributed by atoms with van der Waals surface area (Å²) in [5.74, 6) is -0.293. The molecule has 6 nitrogen and oxygen atoms in total. The van der Waals surface area contributed by atoms with E-state index in [1.54, 1.807) is 4.90 Å². The molecule has 1 aromatic rings. The van der Waals surface area contributed by atoms with E-state index >= 15 is 0 Å². The molecule has 132 valence electrons. The molecule has 2 rings (SSSR count). The highest BCUT2D eigenvalue weighted by molar-refractivity contribution is 7.12. The third-order valence-corrected chi connectivity index (χ3v) is 4.92. The van der Waals surface area contributed by atoms with Crippen molar-refractivity contribution < 1.29 is 14.4 Å². The number of carbonyl (C=O) groups excluding carboxylic acids is 3.